The van der Waals surface area contributed by atoms with Crippen molar-refractivity contribution in [3.63, 3.8) is 0 Å². The van der Waals surface area contributed by atoms with Crippen LogP contribution in [-0.4, -0.2) is 11.3 Å². The maximum Gasteiger partial charge on any atom is 0.506 e. The maximum absolute atomic E-state index is 10.1. The molecule has 0 aliphatic carbocycles. The summed E-state index contributed by atoms with van der Waals surface area (Å²) >= 11 is 2.20. The van der Waals surface area contributed by atoms with Crippen LogP contribution in [0.4, 0.5) is 4.79 Å². The summed E-state index contributed by atoms with van der Waals surface area (Å²) in [6.45, 7) is 0.109. The molecule has 1 rings (SSSR count). The number of hydrogen-bond acceptors (Lipinski definition) is 4. The van der Waals surface area contributed by atoms with Gasteiger partial charge in [0.25, 0.3) is 0 Å². The number of hydrogen-bond donors (Lipinski definition) is 1. The van der Waals surface area contributed by atoms with Gasteiger partial charge in [0.15, 0.2) is 0 Å². The fourth-order valence-corrected chi connectivity index (χ4v) is 3.56. The van der Waals surface area contributed by atoms with Gasteiger partial charge in [-0.3, -0.25) is 0 Å². The number of halogens is 1. The molecule has 6 heteroatoms. The van der Waals surface area contributed by atoms with Crippen molar-refractivity contribution in [2.24, 2.45) is 0 Å². The summed E-state index contributed by atoms with van der Waals surface area (Å²) in [5, 5.41) is 8.28. The van der Waals surface area contributed by atoms with Gasteiger partial charge in [0.05, 0.1) is 0 Å². The Morgan fingerprint density at radius 3 is 2.57 bits per heavy atom. The second kappa shape index (κ2) is 6.41. The predicted octanol–water partition coefficient (Wildman–Crippen LogP) is 3.97. The van der Waals surface area contributed by atoms with Gasteiger partial charge in [-0.25, -0.2) is 4.79 Å². The van der Waals surface area contributed by atoms with Crippen molar-refractivity contribution >= 4 is 46.1 Å². The first kappa shape index (κ1) is 12.0. The number of carboxylic acid groups (broad SMARTS) is 1. The van der Waals surface area contributed by atoms with Crippen LogP contribution in [0.3, 0.4) is 0 Å². The van der Waals surface area contributed by atoms with Gasteiger partial charge in [-0.05, 0) is 36.5 Å². The maximum atomic E-state index is 10.1. The third kappa shape index (κ3) is 4.43. The van der Waals surface area contributed by atoms with Crippen molar-refractivity contribution in [2.45, 2.75) is 11.5 Å². The van der Waals surface area contributed by atoms with Crippen molar-refractivity contribution in [2.75, 3.05) is 0 Å². The highest BCUT2D eigenvalue weighted by Gasteiger charge is 1.99. The van der Waals surface area contributed by atoms with Crippen LogP contribution in [0.2, 0.25) is 0 Å². The van der Waals surface area contributed by atoms with Gasteiger partial charge in [-0.15, -0.1) is 0 Å². The molecule has 0 radical (unpaired) electrons. The third-order valence-corrected chi connectivity index (χ3v) is 4.33. The minimum absolute atomic E-state index is 0.109. The van der Waals surface area contributed by atoms with Crippen LogP contribution in [0.15, 0.2) is 29.2 Å². The molecule has 1 N–H and O–H groups in total. The Labute approximate surface area is 102 Å². The summed E-state index contributed by atoms with van der Waals surface area (Å²) in [7, 11) is 3.29. The van der Waals surface area contributed by atoms with Gasteiger partial charge in [0.1, 0.15) is 6.61 Å². The Balaban J connectivity index is 2.50. The second-order valence-corrected chi connectivity index (χ2v) is 7.22. The van der Waals surface area contributed by atoms with Crippen LogP contribution in [0.1, 0.15) is 5.56 Å². The van der Waals surface area contributed by atoms with Gasteiger partial charge in [-0.2, -0.15) is 0 Å². The Hall–Kier alpha value is -0.0800. The molecular formula is C8H7IO3S2. The van der Waals surface area contributed by atoms with E-state index in [1.54, 1.807) is 18.8 Å². The number of benzene rings is 1. The Kier molecular flexibility index (Phi) is 5.49. The smallest absolute Gasteiger partial charge is 0.450 e. The Morgan fingerprint density at radius 1 is 1.43 bits per heavy atom. The fraction of sp³-hybridized carbons (Fsp3) is 0.125. The number of carbonyl (C=O) groups is 1. The van der Waals surface area contributed by atoms with E-state index in [1.807, 2.05) is 24.3 Å². The lowest BCUT2D eigenvalue weighted by molar-refractivity contribution is 0.0854. The predicted molar refractivity (Wildman–Crippen MR) is 66.7 cm³/mol. The molecule has 14 heavy (non-hydrogen) atoms. The molecule has 0 aliphatic rings. The van der Waals surface area contributed by atoms with Gasteiger partial charge >= 0.3 is 6.16 Å². The summed E-state index contributed by atoms with van der Waals surface area (Å²) in [6.07, 6.45) is -1.24. The first-order chi connectivity index (χ1) is 6.72. The molecule has 0 unspecified atom stereocenters. The van der Waals surface area contributed by atoms with Crippen molar-refractivity contribution in [1.29, 1.82) is 0 Å². The topological polar surface area (TPSA) is 46.5 Å². The summed E-state index contributed by atoms with van der Waals surface area (Å²) in [5.74, 6) is 0. The summed E-state index contributed by atoms with van der Waals surface area (Å²) in [6, 6.07) is 7.60. The quantitative estimate of drug-likeness (QED) is 0.510. The van der Waals surface area contributed by atoms with E-state index >= 15 is 0 Å². The minimum Gasteiger partial charge on any atom is -0.450 e. The Bertz CT molecular complexity index is 302. The zero-order chi connectivity index (χ0) is 10.4. The first-order valence-electron chi connectivity index (χ1n) is 3.62. The van der Waals surface area contributed by atoms with Crippen LogP contribution in [-0.2, 0) is 11.3 Å². The standard InChI is InChI=1S/C8H7IO3S2/c9-14-13-7-3-1-6(2-4-7)5-12-8(10)11/h1-4H,5H2,(H,10,11). The molecule has 0 fully saturated rings. The summed E-state index contributed by atoms with van der Waals surface area (Å²) in [5.41, 5.74) is 0.857. The molecule has 0 aromatic heterocycles. The molecule has 0 saturated heterocycles. The normalized spacial score (nSPS) is 9.79. The van der Waals surface area contributed by atoms with E-state index < -0.39 is 6.16 Å². The van der Waals surface area contributed by atoms with Crippen LogP contribution >= 0.6 is 40.0 Å². The molecule has 0 bridgehead atoms. The average molecular weight is 342 g/mol. The summed E-state index contributed by atoms with van der Waals surface area (Å²) in [4.78, 5) is 11.3. The minimum atomic E-state index is -1.24. The number of ether oxygens (including phenoxy) is 1. The first-order valence-corrected chi connectivity index (χ1v) is 8.31. The molecule has 76 valence electrons. The monoisotopic (exact) mass is 342 g/mol. The molecule has 1 aromatic rings. The van der Waals surface area contributed by atoms with Gasteiger partial charge in [-0.1, -0.05) is 12.1 Å². The van der Waals surface area contributed by atoms with Crippen molar-refractivity contribution in [3.8, 4) is 0 Å². The van der Waals surface area contributed by atoms with E-state index in [4.69, 9.17) is 5.11 Å². The molecule has 0 spiro atoms. The van der Waals surface area contributed by atoms with E-state index in [0.29, 0.717) is 0 Å². The number of rotatable bonds is 4. The highest BCUT2D eigenvalue weighted by Crippen LogP contribution is 2.36. The molecule has 3 nitrogen and oxygen atoms in total. The molecule has 0 heterocycles. The molecule has 0 aliphatic heterocycles. The van der Waals surface area contributed by atoms with Crippen molar-refractivity contribution in [1.82, 2.24) is 0 Å². The molecule has 1 aromatic carbocycles. The highest BCUT2D eigenvalue weighted by atomic mass is 127. The fourth-order valence-electron chi connectivity index (χ4n) is 0.823. The van der Waals surface area contributed by atoms with E-state index in [0.717, 1.165) is 10.5 Å². The molecule has 0 amide bonds. The third-order valence-electron chi connectivity index (χ3n) is 1.41. The lowest BCUT2D eigenvalue weighted by atomic mass is 10.2. The van der Waals surface area contributed by atoms with Gasteiger partial charge in [0.2, 0.25) is 0 Å². The van der Waals surface area contributed by atoms with Crippen LogP contribution in [0, 0.1) is 0 Å². The van der Waals surface area contributed by atoms with Crippen LogP contribution in [0.25, 0.3) is 0 Å². The van der Waals surface area contributed by atoms with Crippen molar-refractivity contribution in [3.05, 3.63) is 29.8 Å². The van der Waals surface area contributed by atoms with Crippen LogP contribution in [0.5, 0.6) is 0 Å². The van der Waals surface area contributed by atoms with Gasteiger partial charge < -0.3 is 9.84 Å². The van der Waals surface area contributed by atoms with E-state index in [-0.39, 0.29) is 6.61 Å². The molecule has 0 saturated carbocycles. The van der Waals surface area contributed by atoms with Crippen molar-refractivity contribution < 1.29 is 14.6 Å². The average Bonchev–Trinajstić information content (AvgIpc) is 2.17. The lowest BCUT2D eigenvalue weighted by Crippen LogP contribution is -1.99. The SMILES string of the molecule is O=C(O)OCc1ccc(SSI)cc1. The lowest BCUT2D eigenvalue weighted by Gasteiger charge is -2.01. The zero-order valence-electron chi connectivity index (χ0n) is 6.97. The zero-order valence-corrected chi connectivity index (χ0v) is 10.8. The Morgan fingerprint density at radius 2 is 2.07 bits per heavy atom. The molecular weight excluding hydrogens is 335 g/mol. The van der Waals surface area contributed by atoms with E-state index in [1.165, 1.54) is 0 Å². The highest BCUT2D eigenvalue weighted by molar-refractivity contribution is 14.2. The van der Waals surface area contributed by atoms with E-state index in [9.17, 15) is 4.79 Å². The second-order valence-electron chi connectivity index (χ2n) is 2.34. The van der Waals surface area contributed by atoms with Crippen LogP contribution < -0.4 is 0 Å². The molecule has 0 atom stereocenters. The summed E-state index contributed by atoms with van der Waals surface area (Å²) < 4.78 is 4.43. The largest absolute Gasteiger partial charge is 0.506 e. The van der Waals surface area contributed by atoms with Gasteiger partial charge in [0, 0.05) is 26.1 Å². The van der Waals surface area contributed by atoms with E-state index in [2.05, 4.69) is 25.9 Å².